The third-order valence-corrected chi connectivity index (χ3v) is 2.25. The van der Waals surface area contributed by atoms with E-state index in [4.69, 9.17) is 0 Å². The Bertz CT molecular complexity index is 181. The fourth-order valence-electron chi connectivity index (χ4n) is 0.698. The van der Waals surface area contributed by atoms with Gasteiger partial charge in [-0.2, -0.15) is 0 Å². The Morgan fingerprint density at radius 1 is 1.21 bits per heavy atom. The lowest BCUT2D eigenvalue weighted by Crippen LogP contribution is -2.26. The van der Waals surface area contributed by atoms with E-state index in [2.05, 4.69) is 4.74 Å². The summed E-state index contributed by atoms with van der Waals surface area (Å²) in [4.78, 5) is 11.2. The lowest BCUT2D eigenvalue weighted by atomic mass is 9.99. The van der Waals surface area contributed by atoms with Gasteiger partial charge in [0.15, 0.2) is 6.17 Å². The fourth-order valence-corrected chi connectivity index (χ4v) is 0.698. The van der Waals surface area contributed by atoms with Crippen molar-refractivity contribution in [1.29, 1.82) is 0 Å². The molecular formula is C10H18F2O2. The molecule has 0 bridgehead atoms. The summed E-state index contributed by atoms with van der Waals surface area (Å²) in [6, 6.07) is 0. The molecule has 0 saturated carbocycles. The summed E-state index contributed by atoms with van der Waals surface area (Å²) in [6.45, 7) is 6.06. The molecule has 0 aromatic rings. The third kappa shape index (κ3) is 4.53. The number of hydrogen-bond donors (Lipinski definition) is 0. The first-order valence-electron chi connectivity index (χ1n) is 4.81. The van der Waals surface area contributed by atoms with E-state index in [9.17, 15) is 13.6 Å². The second-order valence-electron chi connectivity index (χ2n) is 3.86. The Hall–Kier alpha value is -0.670. The second-order valence-corrected chi connectivity index (χ2v) is 3.86. The predicted octanol–water partition coefficient (Wildman–Crippen LogP) is 2.52. The maximum atomic E-state index is 12.7. The Morgan fingerprint density at radius 2 is 1.71 bits per heavy atom. The van der Waals surface area contributed by atoms with Crippen molar-refractivity contribution in [2.24, 2.45) is 11.8 Å². The number of esters is 1. The van der Waals surface area contributed by atoms with Crippen molar-refractivity contribution >= 4 is 5.97 Å². The van der Waals surface area contributed by atoms with Crippen LogP contribution in [0.15, 0.2) is 0 Å². The van der Waals surface area contributed by atoms with Gasteiger partial charge in [-0.3, -0.25) is 4.79 Å². The van der Waals surface area contributed by atoms with Gasteiger partial charge in [0.25, 0.3) is 0 Å². The molecule has 2 nitrogen and oxygen atoms in total. The Morgan fingerprint density at radius 3 is 2.07 bits per heavy atom. The van der Waals surface area contributed by atoms with E-state index in [1.807, 2.05) is 13.8 Å². The maximum absolute atomic E-state index is 12.7. The molecule has 0 saturated heterocycles. The van der Waals surface area contributed by atoms with Crippen molar-refractivity contribution in [2.45, 2.75) is 40.0 Å². The zero-order valence-corrected chi connectivity index (χ0v) is 9.09. The van der Waals surface area contributed by atoms with Gasteiger partial charge in [0, 0.05) is 0 Å². The summed E-state index contributed by atoms with van der Waals surface area (Å²) in [5.74, 6) is -0.608. The topological polar surface area (TPSA) is 26.3 Å². The summed E-state index contributed by atoms with van der Waals surface area (Å²) in [5, 5.41) is 0. The maximum Gasteiger partial charge on any atom is 0.309 e. The van der Waals surface area contributed by atoms with Gasteiger partial charge < -0.3 is 4.74 Å². The molecule has 0 spiro atoms. The van der Waals surface area contributed by atoms with Gasteiger partial charge in [-0.1, -0.05) is 20.8 Å². The van der Waals surface area contributed by atoms with Crippen LogP contribution in [-0.4, -0.2) is 24.9 Å². The molecule has 0 aliphatic carbocycles. The minimum atomic E-state index is -1.72. The first kappa shape index (κ1) is 13.3. The summed E-state index contributed by atoms with van der Waals surface area (Å²) in [7, 11) is 0. The highest BCUT2D eigenvalue weighted by atomic mass is 19.2. The van der Waals surface area contributed by atoms with Crippen LogP contribution in [0.1, 0.15) is 27.7 Å². The number of ether oxygens (including phenoxy) is 1. The first-order valence-corrected chi connectivity index (χ1v) is 4.81. The molecular weight excluding hydrogens is 190 g/mol. The number of rotatable bonds is 5. The highest BCUT2D eigenvalue weighted by Crippen LogP contribution is 2.12. The van der Waals surface area contributed by atoms with Crippen molar-refractivity contribution in [3.63, 3.8) is 0 Å². The van der Waals surface area contributed by atoms with Crippen LogP contribution in [0.25, 0.3) is 0 Å². The molecule has 0 aromatic heterocycles. The molecule has 0 rings (SSSR count). The van der Waals surface area contributed by atoms with Gasteiger partial charge in [0.1, 0.15) is 12.8 Å². The second kappa shape index (κ2) is 5.94. The molecule has 0 aliphatic heterocycles. The van der Waals surface area contributed by atoms with Gasteiger partial charge in [-0.15, -0.1) is 0 Å². The molecule has 4 heteroatoms. The highest BCUT2D eigenvalue weighted by molar-refractivity contribution is 5.72. The van der Waals surface area contributed by atoms with E-state index in [0.29, 0.717) is 0 Å². The van der Waals surface area contributed by atoms with Crippen molar-refractivity contribution in [3.8, 4) is 0 Å². The van der Waals surface area contributed by atoms with E-state index in [1.54, 1.807) is 6.92 Å². The smallest absolute Gasteiger partial charge is 0.309 e. The van der Waals surface area contributed by atoms with Gasteiger partial charge in [-0.05, 0) is 12.8 Å². The number of hydrogen-bond acceptors (Lipinski definition) is 2. The molecule has 0 aliphatic rings. The van der Waals surface area contributed by atoms with E-state index in [-0.39, 0.29) is 11.8 Å². The number of carbonyl (C=O) groups excluding carboxylic acids is 1. The molecule has 0 amide bonds. The number of carbonyl (C=O) groups is 1. The normalized spacial score (nSPS) is 17.6. The Kier molecular flexibility index (Phi) is 5.65. The van der Waals surface area contributed by atoms with Crippen LogP contribution in [0.4, 0.5) is 8.78 Å². The van der Waals surface area contributed by atoms with Gasteiger partial charge in [-0.25, -0.2) is 8.78 Å². The minimum absolute atomic E-state index is 0.142. The molecule has 0 fully saturated rings. The molecule has 3 atom stereocenters. The fraction of sp³-hybridized carbons (Fsp3) is 0.900. The van der Waals surface area contributed by atoms with Crippen LogP contribution < -0.4 is 0 Å². The molecule has 0 N–H and O–H groups in total. The van der Waals surface area contributed by atoms with Crippen molar-refractivity contribution < 1.29 is 18.3 Å². The zero-order chi connectivity index (χ0) is 11.3. The Balaban J connectivity index is 3.85. The summed E-state index contributed by atoms with van der Waals surface area (Å²) < 4.78 is 29.7. The zero-order valence-electron chi connectivity index (χ0n) is 9.09. The average molecular weight is 208 g/mol. The van der Waals surface area contributed by atoms with Crippen LogP contribution in [0.3, 0.4) is 0 Å². The predicted molar refractivity (Wildman–Crippen MR) is 50.4 cm³/mol. The largest absolute Gasteiger partial charge is 0.462 e. The lowest BCUT2D eigenvalue weighted by Gasteiger charge is -2.16. The molecule has 14 heavy (non-hydrogen) atoms. The Labute approximate surface area is 83.6 Å². The number of alkyl halides is 2. The minimum Gasteiger partial charge on any atom is -0.462 e. The average Bonchev–Trinajstić information content (AvgIpc) is 2.11. The first-order chi connectivity index (χ1) is 6.36. The van der Waals surface area contributed by atoms with E-state index in [0.717, 1.165) is 6.92 Å². The SMILES string of the molecule is CC(C)C(C)C(=O)OCC(F)C(C)F. The number of halogens is 2. The van der Waals surface area contributed by atoms with Gasteiger partial charge in [0.05, 0.1) is 5.92 Å². The summed E-state index contributed by atoms with van der Waals surface area (Å²) in [5.41, 5.74) is 0. The van der Waals surface area contributed by atoms with Gasteiger partial charge >= 0.3 is 5.97 Å². The van der Waals surface area contributed by atoms with E-state index in [1.165, 1.54) is 0 Å². The van der Waals surface area contributed by atoms with E-state index < -0.39 is 24.9 Å². The summed E-state index contributed by atoms with van der Waals surface area (Å²) in [6.07, 6.45) is -3.32. The summed E-state index contributed by atoms with van der Waals surface area (Å²) >= 11 is 0. The molecule has 3 unspecified atom stereocenters. The standard InChI is InChI=1S/C10H18F2O2/c1-6(2)7(3)10(13)14-5-9(12)8(4)11/h6-9H,5H2,1-4H3. The molecule has 0 heterocycles. The highest BCUT2D eigenvalue weighted by Gasteiger charge is 2.22. The van der Waals surface area contributed by atoms with Crippen molar-refractivity contribution in [1.82, 2.24) is 0 Å². The van der Waals surface area contributed by atoms with E-state index >= 15 is 0 Å². The van der Waals surface area contributed by atoms with Gasteiger partial charge in [0.2, 0.25) is 0 Å². The van der Waals surface area contributed by atoms with Crippen LogP contribution in [0.2, 0.25) is 0 Å². The van der Waals surface area contributed by atoms with Crippen LogP contribution >= 0.6 is 0 Å². The van der Waals surface area contributed by atoms with Crippen LogP contribution in [0.5, 0.6) is 0 Å². The molecule has 84 valence electrons. The van der Waals surface area contributed by atoms with Crippen LogP contribution in [-0.2, 0) is 9.53 Å². The van der Waals surface area contributed by atoms with Crippen molar-refractivity contribution in [3.05, 3.63) is 0 Å². The monoisotopic (exact) mass is 208 g/mol. The molecule has 0 radical (unpaired) electrons. The third-order valence-electron chi connectivity index (χ3n) is 2.25. The van der Waals surface area contributed by atoms with Crippen LogP contribution in [0, 0.1) is 11.8 Å². The lowest BCUT2D eigenvalue weighted by molar-refractivity contribution is -0.151. The molecule has 0 aromatic carbocycles. The van der Waals surface area contributed by atoms with Crippen molar-refractivity contribution in [2.75, 3.05) is 6.61 Å². The quantitative estimate of drug-likeness (QED) is 0.649.